The summed E-state index contributed by atoms with van der Waals surface area (Å²) in [6.07, 6.45) is 1.48. The maximum absolute atomic E-state index is 11.9. The van der Waals surface area contributed by atoms with Gasteiger partial charge in [0.15, 0.2) is 5.76 Å². The molecule has 90 valence electrons. The van der Waals surface area contributed by atoms with E-state index in [4.69, 9.17) is 16.1 Å². The molecule has 1 aromatic carbocycles. The predicted octanol–water partition coefficient (Wildman–Crippen LogP) is 2.06. The second-order valence-electron chi connectivity index (χ2n) is 3.84. The first kappa shape index (κ1) is 11.0. The third-order valence-electron chi connectivity index (χ3n) is 2.75. The molecule has 0 spiro atoms. The third kappa shape index (κ3) is 1.52. The van der Waals surface area contributed by atoms with Crippen molar-refractivity contribution in [2.45, 2.75) is 6.54 Å². The lowest BCUT2D eigenvalue weighted by atomic mass is 10.1. The number of rotatable bonds is 2. The summed E-state index contributed by atoms with van der Waals surface area (Å²) in [5, 5.41) is 3.92. The van der Waals surface area contributed by atoms with E-state index in [2.05, 4.69) is 5.16 Å². The van der Waals surface area contributed by atoms with Crippen LogP contribution in [0.15, 0.2) is 35.0 Å². The summed E-state index contributed by atoms with van der Waals surface area (Å²) < 4.78 is 4.94. The number of amides is 1. The van der Waals surface area contributed by atoms with Crippen molar-refractivity contribution in [3.8, 4) is 0 Å². The van der Waals surface area contributed by atoms with Gasteiger partial charge in [0.2, 0.25) is 0 Å². The summed E-state index contributed by atoms with van der Waals surface area (Å²) in [6, 6.07) is 6.50. The van der Waals surface area contributed by atoms with E-state index in [1.807, 2.05) is 0 Å². The lowest BCUT2D eigenvalue weighted by molar-refractivity contribution is -0.114. The van der Waals surface area contributed by atoms with E-state index < -0.39 is 11.7 Å². The molecular weight excluding hydrogens is 256 g/mol. The zero-order chi connectivity index (χ0) is 12.7. The largest absolute Gasteiger partial charge is 0.359 e. The number of carbonyl (C=O) groups excluding carboxylic acids is 2. The number of anilines is 1. The van der Waals surface area contributed by atoms with Gasteiger partial charge in [0.25, 0.3) is 11.7 Å². The molecule has 1 amide bonds. The second kappa shape index (κ2) is 3.96. The molecule has 0 aliphatic carbocycles. The summed E-state index contributed by atoms with van der Waals surface area (Å²) in [5.41, 5.74) is 0.762. The molecule has 0 N–H and O–H groups in total. The first-order valence-electron chi connectivity index (χ1n) is 5.23. The maximum atomic E-state index is 11.9. The number of nitrogens with zero attached hydrogens (tertiary/aromatic N) is 2. The van der Waals surface area contributed by atoms with Gasteiger partial charge in [0, 0.05) is 6.07 Å². The average Bonchev–Trinajstić information content (AvgIpc) is 2.94. The fourth-order valence-corrected chi connectivity index (χ4v) is 2.22. The zero-order valence-corrected chi connectivity index (χ0v) is 9.85. The number of benzene rings is 1. The normalized spacial score (nSPS) is 14.2. The molecule has 0 radical (unpaired) electrons. The number of fused-ring (bicyclic) bond motifs is 1. The molecule has 5 nitrogen and oxygen atoms in total. The first-order valence-corrected chi connectivity index (χ1v) is 5.60. The highest BCUT2D eigenvalue weighted by atomic mass is 35.5. The van der Waals surface area contributed by atoms with Gasteiger partial charge in [-0.05, 0) is 12.1 Å². The van der Waals surface area contributed by atoms with Crippen molar-refractivity contribution in [2.24, 2.45) is 0 Å². The zero-order valence-electron chi connectivity index (χ0n) is 9.09. The second-order valence-corrected chi connectivity index (χ2v) is 4.24. The van der Waals surface area contributed by atoms with Gasteiger partial charge in [0.05, 0.1) is 29.0 Å². The van der Waals surface area contributed by atoms with Crippen molar-refractivity contribution >= 4 is 29.0 Å². The van der Waals surface area contributed by atoms with Crippen LogP contribution in [0, 0.1) is 0 Å². The molecule has 2 aromatic rings. The van der Waals surface area contributed by atoms with Crippen molar-refractivity contribution in [1.29, 1.82) is 0 Å². The summed E-state index contributed by atoms with van der Waals surface area (Å²) in [7, 11) is 0. The number of carbonyl (C=O) groups is 2. The minimum Gasteiger partial charge on any atom is -0.359 e. The van der Waals surface area contributed by atoms with Crippen LogP contribution in [-0.2, 0) is 11.3 Å². The number of hydrogen-bond acceptors (Lipinski definition) is 4. The molecule has 0 unspecified atom stereocenters. The predicted molar refractivity (Wildman–Crippen MR) is 63.5 cm³/mol. The van der Waals surface area contributed by atoms with E-state index in [9.17, 15) is 9.59 Å². The summed E-state index contributed by atoms with van der Waals surface area (Å²) in [6.45, 7) is 0.140. The van der Waals surface area contributed by atoms with Gasteiger partial charge in [-0.25, -0.2) is 0 Å². The smallest absolute Gasteiger partial charge is 0.299 e. The highest BCUT2D eigenvalue weighted by Gasteiger charge is 2.37. The van der Waals surface area contributed by atoms with Crippen LogP contribution in [0.3, 0.4) is 0 Å². The van der Waals surface area contributed by atoms with Crippen molar-refractivity contribution in [3.05, 3.63) is 46.8 Å². The van der Waals surface area contributed by atoms with Crippen molar-refractivity contribution < 1.29 is 14.1 Å². The molecule has 6 heteroatoms. The Morgan fingerprint density at radius 2 is 2.11 bits per heavy atom. The molecule has 2 heterocycles. The molecule has 0 fully saturated rings. The van der Waals surface area contributed by atoms with Crippen molar-refractivity contribution in [2.75, 3.05) is 4.90 Å². The summed E-state index contributed by atoms with van der Waals surface area (Å²) in [4.78, 5) is 25.0. The van der Waals surface area contributed by atoms with Crippen LogP contribution >= 0.6 is 11.6 Å². The maximum Gasteiger partial charge on any atom is 0.299 e. The van der Waals surface area contributed by atoms with Crippen LogP contribution in [0.5, 0.6) is 0 Å². The van der Waals surface area contributed by atoms with Gasteiger partial charge in [-0.3, -0.25) is 14.5 Å². The Bertz CT molecular complexity index is 637. The van der Waals surface area contributed by atoms with E-state index in [1.165, 1.54) is 11.1 Å². The van der Waals surface area contributed by atoms with E-state index >= 15 is 0 Å². The number of aromatic nitrogens is 1. The van der Waals surface area contributed by atoms with E-state index in [1.54, 1.807) is 24.3 Å². The number of halogens is 1. The van der Waals surface area contributed by atoms with Gasteiger partial charge in [-0.15, -0.1) is 0 Å². The molecule has 1 aliphatic heterocycles. The molecule has 1 aromatic heterocycles. The van der Waals surface area contributed by atoms with Gasteiger partial charge in [0.1, 0.15) is 0 Å². The number of para-hydroxylation sites is 1. The lowest BCUT2D eigenvalue weighted by Gasteiger charge is -2.15. The van der Waals surface area contributed by atoms with Crippen LogP contribution < -0.4 is 4.90 Å². The highest BCUT2D eigenvalue weighted by Crippen LogP contribution is 2.36. The SMILES string of the molecule is O=C1C(=O)N(Cc2ccno2)c2c(Cl)cccc21. The average molecular weight is 263 g/mol. The fraction of sp³-hybridized carbons (Fsp3) is 0.0833. The van der Waals surface area contributed by atoms with E-state index in [0.29, 0.717) is 22.0 Å². The van der Waals surface area contributed by atoms with Crippen LogP contribution in [-0.4, -0.2) is 16.8 Å². The molecule has 1 aliphatic rings. The Balaban J connectivity index is 2.07. The Morgan fingerprint density at radius 3 is 2.83 bits per heavy atom. The van der Waals surface area contributed by atoms with Crippen LogP contribution in [0.2, 0.25) is 5.02 Å². The quantitative estimate of drug-likeness (QED) is 0.777. The van der Waals surface area contributed by atoms with Crippen LogP contribution in [0.1, 0.15) is 16.1 Å². The molecule has 0 saturated carbocycles. The van der Waals surface area contributed by atoms with E-state index in [0.717, 1.165) is 0 Å². The topological polar surface area (TPSA) is 63.4 Å². The third-order valence-corrected chi connectivity index (χ3v) is 3.05. The molecular formula is C12H7ClN2O3. The Kier molecular flexibility index (Phi) is 2.41. The summed E-state index contributed by atoms with van der Waals surface area (Å²) >= 11 is 6.04. The number of ketones is 1. The van der Waals surface area contributed by atoms with Crippen LogP contribution in [0.25, 0.3) is 0 Å². The van der Waals surface area contributed by atoms with Gasteiger partial charge >= 0.3 is 0 Å². The van der Waals surface area contributed by atoms with Crippen molar-refractivity contribution in [3.63, 3.8) is 0 Å². The minimum atomic E-state index is -0.602. The Labute approximate surface area is 107 Å². The first-order chi connectivity index (χ1) is 8.68. The molecule has 18 heavy (non-hydrogen) atoms. The monoisotopic (exact) mass is 262 g/mol. The Morgan fingerprint density at radius 1 is 1.28 bits per heavy atom. The van der Waals surface area contributed by atoms with Crippen LogP contribution in [0.4, 0.5) is 5.69 Å². The molecule has 0 bridgehead atoms. The molecule has 0 saturated heterocycles. The fourth-order valence-electron chi connectivity index (χ4n) is 1.94. The van der Waals surface area contributed by atoms with Gasteiger partial charge in [-0.2, -0.15) is 0 Å². The Hall–Kier alpha value is -2.14. The van der Waals surface area contributed by atoms with E-state index in [-0.39, 0.29) is 6.54 Å². The van der Waals surface area contributed by atoms with Gasteiger partial charge < -0.3 is 4.52 Å². The molecule has 3 rings (SSSR count). The van der Waals surface area contributed by atoms with Gasteiger partial charge in [-0.1, -0.05) is 22.8 Å². The number of hydrogen-bond donors (Lipinski definition) is 0. The standard InChI is InChI=1S/C12H7ClN2O3/c13-9-3-1-2-8-10(9)15(12(17)11(8)16)6-7-4-5-14-18-7/h1-5H,6H2. The molecule has 0 atom stereocenters. The highest BCUT2D eigenvalue weighted by molar-refractivity contribution is 6.54. The van der Waals surface area contributed by atoms with Crippen molar-refractivity contribution in [1.82, 2.24) is 5.16 Å². The lowest BCUT2D eigenvalue weighted by Crippen LogP contribution is -2.29. The summed E-state index contributed by atoms with van der Waals surface area (Å²) in [5.74, 6) is -0.662. The minimum absolute atomic E-state index is 0.140. The number of Topliss-reactive ketones (excluding diaryl/α,β-unsaturated/α-hetero) is 1.